The molecule has 21 heavy (non-hydrogen) atoms. The lowest BCUT2D eigenvalue weighted by Crippen LogP contribution is -2.35. The Balaban J connectivity index is 2.18. The van der Waals surface area contributed by atoms with Crippen molar-refractivity contribution in [1.29, 1.82) is 0 Å². The summed E-state index contributed by atoms with van der Waals surface area (Å²) in [4.78, 5) is 20.1. The number of ether oxygens (including phenoxy) is 1. The molecule has 0 aliphatic carbocycles. The van der Waals surface area contributed by atoms with Crippen LogP contribution in [0.5, 0.6) is 0 Å². The normalized spacial score (nSPS) is 12.8. The van der Waals surface area contributed by atoms with Crippen molar-refractivity contribution in [2.24, 2.45) is 0 Å². The maximum Gasteiger partial charge on any atom is 0.302 e. The van der Waals surface area contributed by atoms with E-state index in [1.165, 1.54) is 18.3 Å². The minimum Gasteiger partial charge on any atom is -0.465 e. The highest BCUT2D eigenvalue weighted by Gasteiger charge is 2.17. The Labute approximate surface area is 129 Å². The van der Waals surface area contributed by atoms with Crippen molar-refractivity contribution >= 4 is 23.1 Å². The molecule has 6 nitrogen and oxygen atoms in total. The van der Waals surface area contributed by atoms with Gasteiger partial charge in [0.25, 0.3) is 0 Å². The number of rotatable bonds is 5. The van der Waals surface area contributed by atoms with Crippen LogP contribution < -0.4 is 10.3 Å². The van der Waals surface area contributed by atoms with Gasteiger partial charge in [-0.05, 0) is 6.92 Å². The maximum absolute atomic E-state index is 10.8. The highest BCUT2D eigenvalue weighted by molar-refractivity contribution is 7.09. The lowest BCUT2D eigenvalue weighted by Gasteiger charge is -2.02. The summed E-state index contributed by atoms with van der Waals surface area (Å²) in [7, 11) is 0. The molecule has 2 aromatic rings. The Morgan fingerprint density at radius 3 is 3.00 bits per heavy atom. The van der Waals surface area contributed by atoms with Crippen LogP contribution in [0.3, 0.4) is 0 Å². The van der Waals surface area contributed by atoms with Gasteiger partial charge >= 0.3 is 5.97 Å². The molecule has 0 fully saturated rings. The molecule has 7 heteroatoms. The standard InChI is InChI=1S/C14H19N4O2S/c1-9-13(4-5-20-11(3)19)21-8-18(9)7-12-6-16-10(2)17-14(12)15/h6,8H,4-5,7H2,1-3H3,(H2,15,16,17)/q+1/i7D/t7-/m0/s1. The average Bonchev–Trinajstić information content (AvgIpc) is 2.79. The van der Waals surface area contributed by atoms with Crippen LogP contribution in [0.2, 0.25) is 0 Å². The Bertz CT molecular complexity index is 689. The molecule has 1 atom stereocenters. The summed E-state index contributed by atoms with van der Waals surface area (Å²) < 4.78 is 15.2. The van der Waals surface area contributed by atoms with Crippen molar-refractivity contribution in [1.82, 2.24) is 9.97 Å². The molecule has 0 spiro atoms. The molecule has 0 saturated heterocycles. The van der Waals surface area contributed by atoms with E-state index in [0.29, 0.717) is 30.2 Å². The lowest BCUT2D eigenvalue weighted by atomic mass is 10.2. The number of carbonyl (C=O) groups is 1. The summed E-state index contributed by atoms with van der Waals surface area (Å²) in [5.74, 6) is 0.625. The molecule has 0 aliphatic rings. The Morgan fingerprint density at radius 1 is 1.57 bits per heavy atom. The lowest BCUT2D eigenvalue weighted by molar-refractivity contribution is -0.689. The molecule has 0 amide bonds. The highest BCUT2D eigenvalue weighted by Crippen LogP contribution is 2.14. The zero-order valence-electron chi connectivity index (χ0n) is 13.3. The second-order valence-electron chi connectivity index (χ2n) is 4.62. The third-order valence-electron chi connectivity index (χ3n) is 2.98. The van der Waals surface area contributed by atoms with Crippen molar-refractivity contribution in [3.8, 4) is 0 Å². The first-order chi connectivity index (χ1) is 10.4. The van der Waals surface area contributed by atoms with Crippen LogP contribution in [0.25, 0.3) is 0 Å². The number of aromatic nitrogens is 3. The first kappa shape index (κ1) is 13.9. The summed E-state index contributed by atoms with van der Waals surface area (Å²) in [5.41, 5.74) is 9.29. The third kappa shape index (κ3) is 3.98. The third-order valence-corrected chi connectivity index (χ3v) is 4.10. The first-order valence-electron chi connectivity index (χ1n) is 7.10. The zero-order valence-corrected chi connectivity index (χ0v) is 13.1. The Hall–Kier alpha value is -2.02. The second kappa shape index (κ2) is 6.62. The molecule has 0 aromatic carbocycles. The van der Waals surface area contributed by atoms with E-state index >= 15 is 0 Å². The Kier molecular flexibility index (Phi) is 4.40. The van der Waals surface area contributed by atoms with E-state index in [1.54, 1.807) is 13.1 Å². The number of hydrogen-bond donors (Lipinski definition) is 1. The predicted octanol–water partition coefficient (Wildman–Crippen LogP) is 1.18. The molecule has 0 bridgehead atoms. The van der Waals surface area contributed by atoms with Crippen LogP contribution in [0, 0.1) is 13.8 Å². The molecule has 0 unspecified atom stereocenters. The fourth-order valence-electron chi connectivity index (χ4n) is 1.83. The topological polar surface area (TPSA) is 82.0 Å². The van der Waals surface area contributed by atoms with Crippen LogP contribution in [0.15, 0.2) is 11.7 Å². The van der Waals surface area contributed by atoms with Crippen molar-refractivity contribution in [2.75, 3.05) is 12.3 Å². The van der Waals surface area contributed by atoms with E-state index in [2.05, 4.69) is 9.97 Å². The van der Waals surface area contributed by atoms with Crippen molar-refractivity contribution < 1.29 is 15.5 Å². The van der Waals surface area contributed by atoms with Gasteiger partial charge in [0, 0.05) is 26.5 Å². The molecule has 2 aromatic heterocycles. The number of carbonyl (C=O) groups excluding carboxylic acids is 1. The smallest absolute Gasteiger partial charge is 0.302 e. The number of nitrogens with two attached hydrogens (primary N) is 1. The van der Waals surface area contributed by atoms with E-state index in [4.69, 9.17) is 11.8 Å². The molecule has 0 radical (unpaired) electrons. The maximum atomic E-state index is 10.8. The summed E-state index contributed by atoms with van der Waals surface area (Å²) in [6.45, 7) is 4.73. The highest BCUT2D eigenvalue weighted by atomic mass is 32.1. The molecule has 2 rings (SSSR count). The van der Waals surface area contributed by atoms with Crippen molar-refractivity contribution in [2.45, 2.75) is 33.7 Å². The monoisotopic (exact) mass is 308 g/mol. The van der Waals surface area contributed by atoms with Gasteiger partial charge in [-0.1, -0.05) is 11.3 Å². The van der Waals surface area contributed by atoms with E-state index in [0.717, 1.165) is 10.6 Å². The molecular weight excluding hydrogens is 288 g/mol. The number of aryl methyl sites for hydroxylation is 1. The summed E-state index contributed by atoms with van der Waals surface area (Å²) in [5, 5.41) is 0. The minimum atomic E-state index is -0.695. The fourth-order valence-corrected chi connectivity index (χ4v) is 2.77. The van der Waals surface area contributed by atoms with Gasteiger partial charge in [0.05, 0.1) is 17.0 Å². The van der Waals surface area contributed by atoms with Gasteiger partial charge in [-0.2, -0.15) is 4.57 Å². The van der Waals surface area contributed by atoms with Crippen molar-refractivity contribution in [3.05, 3.63) is 33.7 Å². The fraction of sp³-hybridized carbons (Fsp3) is 0.429. The van der Waals surface area contributed by atoms with E-state index in [9.17, 15) is 4.79 Å². The van der Waals surface area contributed by atoms with Gasteiger partial charge in [0.2, 0.25) is 5.51 Å². The number of nitrogens with zero attached hydrogens (tertiary/aromatic N) is 3. The van der Waals surface area contributed by atoms with E-state index < -0.39 is 6.52 Å². The summed E-state index contributed by atoms with van der Waals surface area (Å²) >= 11 is 1.53. The van der Waals surface area contributed by atoms with E-state index in [-0.39, 0.29) is 5.97 Å². The van der Waals surface area contributed by atoms with Crippen LogP contribution in [-0.2, 0) is 22.5 Å². The molecule has 0 saturated carbocycles. The number of anilines is 1. The predicted molar refractivity (Wildman–Crippen MR) is 79.9 cm³/mol. The van der Waals surface area contributed by atoms with Gasteiger partial charge in [-0.3, -0.25) is 4.79 Å². The largest absolute Gasteiger partial charge is 0.465 e. The van der Waals surface area contributed by atoms with Crippen LogP contribution >= 0.6 is 11.3 Å². The van der Waals surface area contributed by atoms with Crippen LogP contribution in [-0.4, -0.2) is 22.5 Å². The zero-order chi connectivity index (χ0) is 16.3. The van der Waals surface area contributed by atoms with Crippen LogP contribution in [0.1, 0.15) is 30.3 Å². The summed E-state index contributed by atoms with van der Waals surface area (Å²) in [6, 6.07) is 0. The van der Waals surface area contributed by atoms with Gasteiger partial charge in [0.1, 0.15) is 13.0 Å². The SMILES string of the molecule is [2H][C@@H](c1cnc(C)nc1N)[n+]1csc(CCOC(C)=O)c1C. The number of esters is 1. The quantitative estimate of drug-likeness (QED) is 0.662. The number of thiazole rings is 1. The van der Waals surface area contributed by atoms with E-state index in [1.807, 2.05) is 17.0 Å². The molecule has 2 N–H and O–H groups in total. The Morgan fingerprint density at radius 2 is 2.33 bits per heavy atom. The molecule has 0 aliphatic heterocycles. The van der Waals surface area contributed by atoms with Gasteiger partial charge < -0.3 is 10.5 Å². The molecular formula is C14H19N4O2S+. The van der Waals surface area contributed by atoms with Gasteiger partial charge in [0.15, 0.2) is 12.2 Å². The number of nitrogen functional groups attached to an aromatic ring is 1. The average molecular weight is 308 g/mol. The first-order valence-corrected chi connectivity index (χ1v) is 7.41. The van der Waals surface area contributed by atoms with Gasteiger partial charge in [-0.15, -0.1) is 0 Å². The van der Waals surface area contributed by atoms with Crippen LogP contribution in [0.4, 0.5) is 5.82 Å². The molecule has 2 heterocycles. The second-order valence-corrected chi connectivity index (χ2v) is 5.56. The minimum absolute atomic E-state index is 0.287. The molecule has 112 valence electrons. The number of hydrogen-bond acceptors (Lipinski definition) is 6. The summed E-state index contributed by atoms with van der Waals surface area (Å²) in [6.07, 6.45) is 2.23. The van der Waals surface area contributed by atoms with Crippen molar-refractivity contribution in [3.63, 3.8) is 0 Å². The van der Waals surface area contributed by atoms with Gasteiger partial charge in [-0.25, -0.2) is 9.97 Å².